The summed E-state index contributed by atoms with van der Waals surface area (Å²) in [5.74, 6) is -0.858. The zero-order valence-corrected chi connectivity index (χ0v) is 14.3. The fraction of sp³-hybridized carbons (Fsp3) is 0.333. The summed E-state index contributed by atoms with van der Waals surface area (Å²) in [6.45, 7) is 0.211. The summed E-state index contributed by atoms with van der Waals surface area (Å²) in [5.41, 5.74) is -0.177. The molecule has 0 radical (unpaired) electrons. The van der Waals surface area contributed by atoms with E-state index < -0.39 is 17.7 Å². The normalized spacial score (nSPS) is 12.0. The van der Waals surface area contributed by atoms with Crippen molar-refractivity contribution in [2.75, 3.05) is 6.61 Å². The molecule has 1 aromatic carbocycles. The molecule has 6 nitrogen and oxygen atoms in total. The summed E-state index contributed by atoms with van der Waals surface area (Å²) in [4.78, 5) is 23.7. The zero-order chi connectivity index (χ0) is 19.7. The van der Waals surface area contributed by atoms with Gasteiger partial charge in [-0.15, -0.1) is 0 Å². The highest BCUT2D eigenvalue weighted by Gasteiger charge is 2.31. The molecule has 9 heteroatoms. The highest BCUT2D eigenvalue weighted by atomic mass is 19.4. The Bertz CT molecular complexity index is 780. The van der Waals surface area contributed by atoms with Gasteiger partial charge in [-0.3, -0.25) is 14.8 Å². The quantitative estimate of drug-likeness (QED) is 0.404. The van der Waals surface area contributed by atoms with Gasteiger partial charge in [0.05, 0.1) is 11.8 Å². The third-order valence-electron chi connectivity index (χ3n) is 3.55. The van der Waals surface area contributed by atoms with Crippen LogP contribution in [0.3, 0.4) is 0 Å². The SMILES string of the molecule is O=C(O)CCCCCO/N=C(\c1cccc(C(F)(F)F)c1)c1cnccn1. The van der Waals surface area contributed by atoms with Gasteiger partial charge in [0, 0.05) is 24.4 Å². The van der Waals surface area contributed by atoms with Crippen molar-refractivity contribution in [1.82, 2.24) is 9.97 Å². The summed E-state index contributed by atoms with van der Waals surface area (Å²) in [6.07, 6.45) is 1.58. The highest BCUT2D eigenvalue weighted by molar-refractivity contribution is 6.11. The third kappa shape index (κ3) is 6.69. The fourth-order valence-corrected chi connectivity index (χ4v) is 2.24. The van der Waals surface area contributed by atoms with E-state index >= 15 is 0 Å². The average molecular weight is 381 g/mol. The van der Waals surface area contributed by atoms with Crippen LogP contribution in [-0.4, -0.2) is 33.4 Å². The lowest BCUT2D eigenvalue weighted by atomic mass is 10.0. The minimum Gasteiger partial charge on any atom is -0.481 e. The van der Waals surface area contributed by atoms with Gasteiger partial charge in [-0.2, -0.15) is 13.2 Å². The van der Waals surface area contributed by atoms with E-state index in [0.29, 0.717) is 19.3 Å². The first-order chi connectivity index (χ1) is 12.9. The molecule has 0 saturated heterocycles. The lowest BCUT2D eigenvalue weighted by Gasteiger charge is -2.10. The van der Waals surface area contributed by atoms with E-state index in [2.05, 4.69) is 15.1 Å². The van der Waals surface area contributed by atoms with E-state index in [9.17, 15) is 18.0 Å². The Morgan fingerprint density at radius 3 is 2.67 bits per heavy atom. The maximum absolute atomic E-state index is 13.0. The molecule has 0 aliphatic heterocycles. The predicted molar refractivity (Wildman–Crippen MR) is 91.2 cm³/mol. The van der Waals surface area contributed by atoms with Crippen molar-refractivity contribution in [3.8, 4) is 0 Å². The van der Waals surface area contributed by atoms with Crippen LogP contribution in [0.25, 0.3) is 0 Å². The van der Waals surface area contributed by atoms with Crippen molar-refractivity contribution in [3.05, 3.63) is 59.7 Å². The van der Waals surface area contributed by atoms with Gasteiger partial charge in [0.2, 0.25) is 0 Å². The van der Waals surface area contributed by atoms with Gasteiger partial charge < -0.3 is 9.94 Å². The number of benzene rings is 1. The molecule has 0 atom stereocenters. The van der Waals surface area contributed by atoms with Gasteiger partial charge in [-0.1, -0.05) is 17.3 Å². The van der Waals surface area contributed by atoms with Crippen LogP contribution in [-0.2, 0) is 15.8 Å². The van der Waals surface area contributed by atoms with Gasteiger partial charge in [-0.05, 0) is 31.4 Å². The molecule has 2 aromatic rings. The maximum Gasteiger partial charge on any atom is 0.416 e. The third-order valence-corrected chi connectivity index (χ3v) is 3.55. The number of oxime groups is 1. The molecular formula is C18H18F3N3O3. The van der Waals surface area contributed by atoms with Crippen molar-refractivity contribution in [2.45, 2.75) is 31.9 Å². The van der Waals surface area contributed by atoms with Gasteiger partial charge >= 0.3 is 12.1 Å². The summed E-state index contributed by atoms with van der Waals surface area (Å²) in [5, 5.41) is 12.5. The molecule has 144 valence electrons. The minimum absolute atomic E-state index is 0.0817. The molecule has 0 aliphatic carbocycles. The van der Waals surface area contributed by atoms with Crippen LogP contribution in [0, 0.1) is 0 Å². The lowest BCUT2D eigenvalue weighted by Crippen LogP contribution is -2.11. The van der Waals surface area contributed by atoms with Crippen LogP contribution in [0.5, 0.6) is 0 Å². The van der Waals surface area contributed by atoms with Crippen molar-refractivity contribution in [2.24, 2.45) is 5.16 Å². The molecule has 1 aromatic heterocycles. The summed E-state index contributed by atoms with van der Waals surface area (Å²) in [7, 11) is 0. The van der Waals surface area contributed by atoms with E-state index in [1.54, 1.807) is 0 Å². The molecular weight excluding hydrogens is 363 g/mol. The number of aromatic nitrogens is 2. The van der Waals surface area contributed by atoms with E-state index in [1.807, 2.05) is 0 Å². The number of nitrogens with zero attached hydrogens (tertiary/aromatic N) is 3. The van der Waals surface area contributed by atoms with Gasteiger partial charge in [-0.25, -0.2) is 0 Å². The monoisotopic (exact) mass is 381 g/mol. The topological polar surface area (TPSA) is 84.7 Å². The smallest absolute Gasteiger partial charge is 0.416 e. The largest absolute Gasteiger partial charge is 0.481 e. The summed E-state index contributed by atoms with van der Waals surface area (Å²) in [6, 6.07) is 4.72. The van der Waals surface area contributed by atoms with Crippen LogP contribution in [0.15, 0.2) is 48.0 Å². The lowest BCUT2D eigenvalue weighted by molar-refractivity contribution is -0.138. The van der Waals surface area contributed by atoms with Crippen LogP contribution < -0.4 is 0 Å². The Morgan fingerprint density at radius 2 is 2.00 bits per heavy atom. The van der Waals surface area contributed by atoms with E-state index in [0.717, 1.165) is 12.1 Å². The van der Waals surface area contributed by atoms with Crippen LogP contribution in [0.4, 0.5) is 13.2 Å². The van der Waals surface area contributed by atoms with Crippen LogP contribution >= 0.6 is 0 Å². The van der Waals surface area contributed by atoms with Gasteiger partial charge in [0.25, 0.3) is 0 Å². The summed E-state index contributed by atoms with van der Waals surface area (Å²) >= 11 is 0. The second-order valence-electron chi connectivity index (χ2n) is 5.65. The molecule has 0 saturated carbocycles. The second-order valence-corrected chi connectivity index (χ2v) is 5.65. The van der Waals surface area contributed by atoms with E-state index in [4.69, 9.17) is 9.94 Å². The Morgan fingerprint density at radius 1 is 1.19 bits per heavy atom. The number of hydrogen-bond donors (Lipinski definition) is 1. The standard InChI is InChI=1S/C18H18F3N3O3/c19-18(20,21)14-6-4-5-13(11-14)17(15-12-22-8-9-23-15)24-27-10-3-1-2-7-16(25)26/h4-6,8-9,11-12H,1-3,7,10H2,(H,25,26)/b24-17+. The molecule has 0 aliphatic rings. The molecule has 2 rings (SSSR count). The van der Waals surface area contributed by atoms with Crippen molar-refractivity contribution in [3.63, 3.8) is 0 Å². The number of alkyl halides is 3. The van der Waals surface area contributed by atoms with E-state index in [1.165, 1.54) is 30.7 Å². The number of rotatable bonds is 9. The number of halogens is 3. The van der Waals surface area contributed by atoms with E-state index in [-0.39, 0.29) is 30.0 Å². The Balaban J connectivity index is 2.12. The maximum atomic E-state index is 13.0. The first-order valence-corrected chi connectivity index (χ1v) is 8.23. The second kappa shape index (κ2) is 9.65. The number of carboxylic acids is 1. The van der Waals surface area contributed by atoms with Crippen molar-refractivity contribution < 1.29 is 27.9 Å². The zero-order valence-electron chi connectivity index (χ0n) is 14.3. The number of carboxylic acid groups (broad SMARTS) is 1. The molecule has 0 fully saturated rings. The molecule has 0 unspecified atom stereocenters. The van der Waals surface area contributed by atoms with Crippen molar-refractivity contribution in [1.29, 1.82) is 0 Å². The minimum atomic E-state index is -4.48. The number of carbonyl (C=O) groups is 1. The number of hydrogen-bond acceptors (Lipinski definition) is 5. The first kappa shape index (κ1) is 20.3. The Labute approximate surface area is 153 Å². The molecule has 1 heterocycles. The molecule has 0 amide bonds. The van der Waals surface area contributed by atoms with Crippen LogP contribution in [0.1, 0.15) is 42.5 Å². The molecule has 0 bridgehead atoms. The van der Waals surface area contributed by atoms with Gasteiger partial charge in [0.1, 0.15) is 18.0 Å². The summed E-state index contributed by atoms with van der Waals surface area (Å²) < 4.78 is 38.9. The van der Waals surface area contributed by atoms with Crippen molar-refractivity contribution >= 4 is 11.7 Å². The fourth-order valence-electron chi connectivity index (χ4n) is 2.24. The Hall–Kier alpha value is -2.97. The molecule has 1 N–H and O–H groups in total. The number of unbranched alkanes of at least 4 members (excludes halogenated alkanes) is 2. The Kier molecular flexibility index (Phi) is 7.27. The molecule has 27 heavy (non-hydrogen) atoms. The van der Waals surface area contributed by atoms with Gasteiger partial charge in [0.15, 0.2) is 0 Å². The number of aliphatic carboxylic acids is 1. The van der Waals surface area contributed by atoms with Crippen LogP contribution in [0.2, 0.25) is 0 Å². The predicted octanol–water partition coefficient (Wildman–Crippen LogP) is 3.91. The average Bonchev–Trinajstić information content (AvgIpc) is 2.64. The highest BCUT2D eigenvalue weighted by Crippen LogP contribution is 2.30. The molecule has 0 spiro atoms. The first-order valence-electron chi connectivity index (χ1n) is 8.23.